The van der Waals surface area contributed by atoms with Gasteiger partial charge in [-0.25, -0.2) is 0 Å². The molecule has 0 radical (unpaired) electrons. The minimum atomic E-state index is -0.216. The Morgan fingerprint density at radius 1 is 1.50 bits per heavy atom. The maximum atomic E-state index is 6.32. The number of aryl methyl sites for hydroxylation is 2. The summed E-state index contributed by atoms with van der Waals surface area (Å²) in [5, 5.41) is 5.09. The second-order valence-electron chi connectivity index (χ2n) is 4.59. The van der Waals surface area contributed by atoms with Gasteiger partial charge < -0.3 is 10.5 Å². The summed E-state index contributed by atoms with van der Waals surface area (Å²) in [5.74, 6) is 0.690. The molecule has 0 saturated carbocycles. The Labute approximate surface area is 123 Å². The average Bonchev–Trinajstić information content (AvgIpc) is 2.74. The van der Waals surface area contributed by atoms with Crippen LogP contribution in [0.15, 0.2) is 18.5 Å². The maximum absolute atomic E-state index is 6.32. The van der Waals surface area contributed by atoms with Crippen LogP contribution in [0, 0.1) is 6.92 Å². The van der Waals surface area contributed by atoms with Crippen molar-refractivity contribution in [3.63, 3.8) is 0 Å². The average molecular weight is 295 g/mol. The van der Waals surface area contributed by atoms with Gasteiger partial charge in [-0.2, -0.15) is 5.10 Å². The highest BCUT2D eigenvalue weighted by molar-refractivity contribution is 6.31. The van der Waals surface area contributed by atoms with E-state index in [1.54, 1.807) is 19.5 Å². The van der Waals surface area contributed by atoms with Crippen LogP contribution in [-0.2, 0) is 13.0 Å². The van der Waals surface area contributed by atoms with Crippen LogP contribution in [0.4, 0.5) is 0 Å². The molecule has 1 atom stereocenters. The van der Waals surface area contributed by atoms with Gasteiger partial charge in [-0.15, -0.1) is 0 Å². The number of halogens is 1. The van der Waals surface area contributed by atoms with Crippen LogP contribution in [0.1, 0.15) is 29.9 Å². The molecule has 2 aromatic heterocycles. The molecule has 2 N–H and O–H groups in total. The largest absolute Gasteiger partial charge is 0.495 e. The standard InChI is InChI=1S/C14H19ClN4O/c1-4-19-12(14(15)9(2)18-19)7-11(16)10-5-6-17-8-13(10)20-3/h5-6,8,11H,4,7,16H2,1-3H3. The lowest BCUT2D eigenvalue weighted by Crippen LogP contribution is -2.17. The number of ether oxygens (including phenoxy) is 1. The molecule has 5 nitrogen and oxygen atoms in total. The minimum Gasteiger partial charge on any atom is -0.495 e. The molecule has 0 spiro atoms. The van der Waals surface area contributed by atoms with Crippen molar-refractivity contribution in [3.8, 4) is 5.75 Å². The lowest BCUT2D eigenvalue weighted by atomic mass is 10.0. The van der Waals surface area contributed by atoms with E-state index in [0.717, 1.165) is 23.5 Å². The van der Waals surface area contributed by atoms with Gasteiger partial charge in [0.2, 0.25) is 0 Å². The third-order valence-electron chi connectivity index (χ3n) is 3.30. The van der Waals surface area contributed by atoms with E-state index in [1.807, 2.05) is 24.6 Å². The Morgan fingerprint density at radius 2 is 2.25 bits per heavy atom. The molecule has 2 rings (SSSR count). The smallest absolute Gasteiger partial charge is 0.141 e. The predicted octanol–water partition coefficient (Wildman–Crippen LogP) is 2.51. The fourth-order valence-electron chi connectivity index (χ4n) is 2.25. The Hall–Kier alpha value is -1.59. The van der Waals surface area contributed by atoms with E-state index >= 15 is 0 Å². The molecule has 2 heterocycles. The number of nitrogens with zero attached hydrogens (tertiary/aromatic N) is 3. The molecule has 0 aliphatic heterocycles. The summed E-state index contributed by atoms with van der Waals surface area (Å²) >= 11 is 6.32. The van der Waals surface area contributed by atoms with Crippen molar-refractivity contribution in [2.45, 2.75) is 32.9 Å². The number of rotatable bonds is 5. The molecular weight excluding hydrogens is 276 g/mol. The zero-order chi connectivity index (χ0) is 14.7. The number of pyridine rings is 1. The Morgan fingerprint density at radius 3 is 2.90 bits per heavy atom. The lowest BCUT2D eigenvalue weighted by molar-refractivity contribution is 0.403. The fraction of sp³-hybridized carbons (Fsp3) is 0.429. The molecule has 0 aromatic carbocycles. The van der Waals surface area contributed by atoms with Crippen molar-refractivity contribution in [1.82, 2.24) is 14.8 Å². The monoisotopic (exact) mass is 294 g/mol. The normalized spacial score (nSPS) is 12.4. The third kappa shape index (κ3) is 2.78. The van der Waals surface area contributed by atoms with Crippen LogP contribution in [0.5, 0.6) is 5.75 Å². The fourth-order valence-corrected chi connectivity index (χ4v) is 2.46. The first-order valence-electron chi connectivity index (χ1n) is 6.53. The van der Waals surface area contributed by atoms with Gasteiger partial charge in [0, 0.05) is 30.8 Å². The van der Waals surface area contributed by atoms with E-state index in [1.165, 1.54) is 0 Å². The predicted molar refractivity (Wildman–Crippen MR) is 79.1 cm³/mol. The van der Waals surface area contributed by atoms with Crippen LogP contribution >= 0.6 is 11.6 Å². The van der Waals surface area contributed by atoms with Crippen molar-refractivity contribution in [3.05, 3.63) is 40.4 Å². The van der Waals surface area contributed by atoms with Gasteiger partial charge >= 0.3 is 0 Å². The molecule has 6 heteroatoms. The van der Waals surface area contributed by atoms with Crippen molar-refractivity contribution in [2.75, 3.05) is 7.11 Å². The topological polar surface area (TPSA) is 66.0 Å². The van der Waals surface area contributed by atoms with Crippen molar-refractivity contribution in [2.24, 2.45) is 5.73 Å². The van der Waals surface area contributed by atoms with Crippen LogP contribution < -0.4 is 10.5 Å². The number of nitrogens with two attached hydrogens (primary N) is 1. The van der Waals surface area contributed by atoms with Crippen molar-refractivity contribution in [1.29, 1.82) is 0 Å². The van der Waals surface area contributed by atoms with Crippen LogP contribution in [0.2, 0.25) is 5.02 Å². The summed E-state index contributed by atoms with van der Waals surface area (Å²) in [6, 6.07) is 1.66. The second-order valence-corrected chi connectivity index (χ2v) is 4.97. The molecule has 0 aliphatic rings. The van der Waals surface area contributed by atoms with Crippen molar-refractivity contribution < 1.29 is 4.74 Å². The summed E-state index contributed by atoms with van der Waals surface area (Å²) in [6.07, 6.45) is 3.98. The Kier molecular flexibility index (Phi) is 4.62. The molecular formula is C14H19ClN4O. The number of hydrogen-bond donors (Lipinski definition) is 1. The first-order chi connectivity index (χ1) is 9.58. The van der Waals surface area contributed by atoms with Crippen LogP contribution in [0.25, 0.3) is 0 Å². The summed E-state index contributed by atoms with van der Waals surface area (Å²) in [7, 11) is 1.61. The van der Waals surface area contributed by atoms with Crippen molar-refractivity contribution >= 4 is 11.6 Å². The molecule has 20 heavy (non-hydrogen) atoms. The zero-order valence-electron chi connectivity index (χ0n) is 11.9. The molecule has 0 saturated heterocycles. The van der Waals surface area contributed by atoms with E-state index in [4.69, 9.17) is 22.1 Å². The highest BCUT2D eigenvalue weighted by Crippen LogP contribution is 2.28. The molecule has 0 bridgehead atoms. The van der Waals surface area contributed by atoms with E-state index < -0.39 is 0 Å². The first-order valence-corrected chi connectivity index (χ1v) is 6.91. The minimum absolute atomic E-state index is 0.216. The van der Waals surface area contributed by atoms with Gasteiger partial charge in [0.15, 0.2) is 0 Å². The van der Waals surface area contributed by atoms with Gasteiger partial charge in [-0.05, 0) is 19.9 Å². The SMILES string of the molecule is CCn1nc(C)c(Cl)c1CC(N)c1ccncc1OC. The maximum Gasteiger partial charge on any atom is 0.141 e. The summed E-state index contributed by atoms with van der Waals surface area (Å²) in [4.78, 5) is 4.04. The van der Waals surface area contributed by atoms with Gasteiger partial charge in [0.05, 0.1) is 29.7 Å². The Bertz CT molecular complexity index is 597. The van der Waals surface area contributed by atoms with Gasteiger partial charge in [-0.3, -0.25) is 9.67 Å². The van der Waals surface area contributed by atoms with Gasteiger partial charge in [-0.1, -0.05) is 11.6 Å². The lowest BCUT2D eigenvalue weighted by Gasteiger charge is -2.16. The van der Waals surface area contributed by atoms with Gasteiger partial charge in [0.25, 0.3) is 0 Å². The highest BCUT2D eigenvalue weighted by Gasteiger charge is 2.19. The number of hydrogen-bond acceptors (Lipinski definition) is 4. The number of aromatic nitrogens is 3. The summed E-state index contributed by atoms with van der Waals surface area (Å²) < 4.78 is 7.19. The quantitative estimate of drug-likeness (QED) is 0.920. The van der Waals surface area contributed by atoms with E-state index in [9.17, 15) is 0 Å². The highest BCUT2D eigenvalue weighted by atomic mass is 35.5. The molecule has 108 valence electrons. The first kappa shape index (κ1) is 14.8. The Balaban J connectivity index is 2.30. The molecule has 1 unspecified atom stereocenters. The van der Waals surface area contributed by atoms with Gasteiger partial charge in [0.1, 0.15) is 5.75 Å². The molecule has 0 fully saturated rings. The summed E-state index contributed by atoms with van der Waals surface area (Å²) in [6.45, 7) is 4.70. The zero-order valence-corrected chi connectivity index (χ0v) is 12.7. The second kappa shape index (κ2) is 6.24. The molecule has 0 amide bonds. The van der Waals surface area contributed by atoms with Crippen LogP contribution in [-0.4, -0.2) is 21.9 Å². The third-order valence-corrected chi connectivity index (χ3v) is 3.79. The van der Waals surface area contributed by atoms with Crippen LogP contribution in [0.3, 0.4) is 0 Å². The van der Waals surface area contributed by atoms with E-state index in [-0.39, 0.29) is 6.04 Å². The van der Waals surface area contributed by atoms with E-state index in [2.05, 4.69) is 10.1 Å². The summed E-state index contributed by atoms with van der Waals surface area (Å²) in [5.41, 5.74) is 9.00. The number of methoxy groups -OCH3 is 1. The molecule has 0 aliphatic carbocycles. The molecule has 2 aromatic rings. The van der Waals surface area contributed by atoms with E-state index in [0.29, 0.717) is 17.2 Å².